The Morgan fingerprint density at radius 3 is 2.64 bits per heavy atom. The number of hydrogen-bond acceptors (Lipinski definition) is 4. The van der Waals surface area contributed by atoms with Crippen LogP contribution in [-0.4, -0.2) is 12.5 Å². The van der Waals surface area contributed by atoms with Crippen LogP contribution in [0.2, 0.25) is 5.02 Å². The van der Waals surface area contributed by atoms with Crippen LogP contribution in [0.3, 0.4) is 0 Å². The first kappa shape index (κ1) is 23.8. The Hall–Kier alpha value is -3.82. The van der Waals surface area contributed by atoms with Gasteiger partial charge in [0.1, 0.15) is 24.1 Å². The number of benzene rings is 3. The molecule has 7 heteroatoms. The number of amides is 1. The summed E-state index contributed by atoms with van der Waals surface area (Å²) in [6.07, 6.45) is 1.43. The summed E-state index contributed by atoms with van der Waals surface area (Å²) in [7, 11) is 0. The van der Waals surface area contributed by atoms with E-state index in [9.17, 15) is 14.4 Å². The second-order valence-electron chi connectivity index (χ2n) is 7.12. The molecule has 0 atom stereocenters. The fourth-order valence-corrected chi connectivity index (χ4v) is 3.35. The fraction of sp³-hybridized carbons (Fsp3) is 0.154. The second kappa shape index (κ2) is 11.2. The Balaban J connectivity index is 1.86. The summed E-state index contributed by atoms with van der Waals surface area (Å²) < 4.78 is 24.9. The van der Waals surface area contributed by atoms with E-state index in [0.29, 0.717) is 34.9 Å². The lowest BCUT2D eigenvalue weighted by atomic mass is 10.1. The molecular weight excluding hydrogens is 443 g/mol. The minimum absolute atomic E-state index is 0.0923. The van der Waals surface area contributed by atoms with E-state index in [4.69, 9.17) is 21.1 Å². The fourth-order valence-electron chi connectivity index (χ4n) is 3.07. The molecule has 0 spiro atoms. The molecule has 3 aromatic rings. The van der Waals surface area contributed by atoms with Crippen LogP contribution in [-0.2, 0) is 11.4 Å². The Bertz CT molecular complexity index is 1230. The first-order valence-corrected chi connectivity index (χ1v) is 10.6. The maximum Gasteiger partial charge on any atom is 0.266 e. The molecule has 0 unspecified atom stereocenters. The van der Waals surface area contributed by atoms with Crippen LogP contribution in [0.5, 0.6) is 11.5 Å². The van der Waals surface area contributed by atoms with Gasteiger partial charge in [-0.05, 0) is 66.9 Å². The molecule has 0 bridgehead atoms. The van der Waals surface area contributed by atoms with E-state index in [0.717, 1.165) is 5.56 Å². The van der Waals surface area contributed by atoms with Crippen molar-refractivity contribution in [2.75, 3.05) is 11.9 Å². The number of aryl methyl sites for hydroxylation is 1. The summed E-state index contributed by atoms with van der Waals surface area (Å²) in [5.41, 5.74) is 2.54. The van der Waals surface area contributed by atoms with Gasteiger partial charge >= 0.3 is 0 Å². The maximum absolute atomic E-state index is 13.4. The second-order valence-corrected chi connectivity index (χ2v) is 7.53. The Morgan fingerprint density at radius 1 is 1.15 bits per heavy atom. The molecule has 1 N–H and O–H groups in total. The van der Waals surface area contributed by atoms with Gasteiger partial charge < -0.3 is 14.8 Å². The predicted octanol–water partition coefficient (Wildman–Crippen LogP) is 6.31. The summed E-state index contributed by atoms with van der Waals surface area (Å²) in [5.74, 6) is -0.250. The molecule has 0 saturated carbocycles. The van der Waals surface area contributed by atoms with Crippen molar-refractivity contribution in [2.24, 2.45) is 0 Å². The molecule has 1 amide bonds. The summed E-state index contributed by atoms with van der Waals surface area (Å²) >= 11 is 6.43. The standard InChI is InChI=1S/C26H22ClFN2O3/c1-3-32-24-14-19(11-20(15-29)26(31)30-23-10-5-4-7-17(23)2)13-22(27)25(24)33-16-18-8-6-9-21(28)12-18/h4-14H,3,16H2,1-2H3,(H,30,31)/b20-11+. The Morgan fingerprint density at radius 2 is 1.94 bits per heavy atom. The van der Waals surface area contributed by atoms with Gasteiger partial charge in [0.15, 0.2) is 11.5 Å². The Labute approximate surface area is 197 Å². The smallest absolute Gasteiger partial charge is 0.266 e. The van der Waals surface area contributed by atoms with Crippen LogP contribution in [0.25, 0.3) is 6.08 Å². The summed E-state index contributed by atoms with van der Waals surface area (Å²) in [5, 5.41) is 12.5. The average molecular weight is 465 g/mol. The average Bonchev–Trinajstić information content (AvgIpc) is 2.78. The lowest BCUT2D eigenvalue weighted by Crippen LogP contribution is -2.14. The SMILES string of the molecule is CCOc1cc(/C=C(\C#N)C(=O)Nc2ccccc2C)cc(Cl)c1OCc1cccc(F)c1. The van der Waals surface area contributed by atoms with Crippen LogP contribution < -0.4 is 14.8 Å². The molecule has 0 aliphatic rings. The van der Waals surface area contributed by atoms with Crippen LogP contribution in [0.1, 0.15) is 23.6 Å². The van der Waals surface area contributed by atoms with E-state index >= 15 is 0 Å². The van der Waals surface area contributed by atoms with Crippen LogP contribution in [0, 0.1) is 24.1 Å². The number of nitrogens with zero attached hydrogens (tertiary/aromatic N) is 1. The number of ether oxygens (including phenoxy) is 2. The van der Waals surface area contributed by atoms with Gasteiger partial charge in [0.05, 0.1) is 11.6 Å². The van der Waals surface area contributed by atoms with Crippen LogP contribution in [0.15, 0.2) is 66.2 Å². The van der Waals surface area contributed by atoms with Crippen LogP contribution >= 0.6 is 11.6 Å². The van der Waals surface area contributed by atoms with Crippen molar-refractivity contribution in [2.45, 2.75) is 20.5 Å². The zero-order chi connectivity index (χ0) is 23.8. The molecule has 0 aromatic heterocycles. The highest BCUT2D eigenvalue weighted by atomic mass is 35.5. The highest BCUT2D eigenvalue weighted by Gasteiger charge is 2.15. The predicted molar refractivity (Wildman–Crippen MR) is 127 cm³/mol. The normalized spacial score (nSPS) is 10.9. The molecule has 3 rings (SSSR count). The van der Waals surface area contributed by atoms with E-state index in [1.165, 1.54) is 18.2 Å². The van der Waals surface area contributed by atoms with Crippen LogP contribution in [0.4, 0.5) is 10.1 Å². The largest absolute Gasteiger partial charge is 0.490 e. The van der Waals surface area contributed by atoms with Gasteiger partial charge in [0, 0.05) is 5.69 Å². The van der Waals surface area contributed by atoms with Gasteiger partial charge in [-0.25, -0.2) is 4.39 Å². The minimum Gasteiger partial charge on any atom is -0.490 e. The monoisotopic (exact) mass is 464 g/mol. The maximum atomic E-state index is 13.4. The van der Waals surface area contributed by atoms with Gasteiger partial charge in [-0.1, -0.05) is 41.9 Å². The lowest BCUT2D eigenvalue weighted by Gasteiger charge is -2.15. The molecule has 0 aliphatic heterocycles. The first-order valence-electron chi connectivity index (χ1n) is 10.2. The van der Waals surface area contributed by atoms with Crippen molar-refractivity contribution in [3.8, 4) is 17.6 Å². The zero-order valence-electron chi connectivity index (χ0n) is 18.2. The van der Waals surface area contributed by atoms with Gasteiger partial charge in [0.25, 0.3) is 5.91 Å². The third kappa shape index (κ3) is 6.34. The number of nitrogens with one attached hydrogen (secondary N) is 1. The van der Waals surface area contributed by atoms with E-state index in [1.807, 2.05) is 32.0 Å². The third-order valence-corrected chi connectivity index (χ3v) is 4.95. The number of halogens is 2. The topological polar surface area (TPSA) is 71.3 Å². The molecule has 5 nitrogen and oxygen atoms in total. The highest BCUT2D eigenvalue weighted by Crippen LogP contribution is 2.38. The van der Waals surface area contributed by atoms with Crippen molar-refractivity contribution >= 4 is 29.3 Å². The number of carbonyl (C=O) groups excluding carboxylic acids is 1. The Kier molecular flexibility index (Phi) is 8.06. The van der Waals surface area contributed by atoms with E-state index < -0.39 is 5.91 Å². The summed E-state index contributed by atoms with van der Waals surface area (Å²) in [4.78, 5) is 12.6. The molecule has 33 heavy (non-hydrogen) atoms. The van der Waals surface area contributed by atoms with Gasteiger partial charge in [-0.2, -0.15) is 5.26 Å². The highest BCUT2D eigenvalue weighted by molar-refractivity contribution is 6.32. The van der Waals surface area contributed by atoms with E-state index in [2.05, 4.69) is 5.32 Å². The molecule has 0 fully saturated rings. The van der Waals surface area contributed by atoms with E-state index in [-0.39, 0.29) is 23.0 Å². The molecule has 0 aliphatic carbocycles. The number of anilines is 1. The lowest BCUT2D eigenvalue weighted by molar-refractivity contribution is -0.112. The zero-order valence-corrected chi connectivity index (χ0v) is 18.9. The molecule has 168 valence electrons. The third-order valence-electron chi connectivity index (χ3n) is 4.67. The quantitative estimate of drug-likeness (QED) is 0.313. The van der Waals surface area contributed by atoms with Crippen molar-refractivity contribution in [3.63, 3.8) is 0 Å². The van der Waals surface area contributed by atoms with Crippen molar-refractivity contribution in [1.82, 2.24) is 0 Å². The first-order chi connectivity index (χ1) is 15.9. The van der Waals surface area contributed by atoms with Crippen molar-refractivity contribution < 1.29 is 18.7 Å². The number of rotatable bonds is 8. The summed E-state index contributed by atoms with van der Waals surface area (Å²) in [6.45, 7) is 4.11. The van der Waals surface area contributed by atoms with Gasteiger partial charge in [0.2, 0.25) is 0 Å². The number of hydrogen-bond donors (Lipinski definition) is 1. The molecule has 0 saturated heterocycles. The van der Waals surface area contributed by atoms with Gasteiger partial charge in [-0.15, -0.1) is 0 Å². The molecule has 3 aromatic carbocycles. The van der Waals surface area contributed by atoms with Crippen molar-refractivity contribution in [3.05, 3.63) is 93.8 Å². The number of carbonyl (C=O) groups is 1. The summed E-state index contributed by atoms with van der Waals surface area (Å²) in [6, 6.07) is 18.5. The molecule has 0 heterocycles. The number of para-hydroxylation sites is 1. The minimum atomic E-state index is -0.535. The van der Waals surface area contributed by atoms with Gasteiger partial charge in [-0.3, -0.25) is 4.79 Å². The molecule has 0 radical (unpaired) electrons. The number of nitriles is 1. The molecular formula is C26H22ClFN2O3. The van der Waals surface area contributed by atoms with E-state index in [1.54, 1.807) is 36.4 Å². The van der Waals surface area contributed by atoms with Crippen molar-refractivity contribution in [1.29, 1.82) is 5.26 Å².